The lowest BCUT2D eigenvalue weighted by Crippen LogP contribution is -2.44. The Hall–Kier alpha value is -3.64. The minimum Gasteiger partial charge on any atom is -0.496 e. The normalized spacial score (nSPS) is 14.6. The third-order valence-electron chi connectivity index (χ3n) is 6.52. The maximum absolute atomic E-state index is 13.1. The van der Waals surface area contributed by atoms with E-state index in [1.807, 2.05) is 50.2 Å². The molecule has 0 bridgehead atoms. The summed E-state index contributed by atoms with van der Waals surface area (Å²) >= 11 is 0. The van der Waals surface area contributed by atoms with Crippen molar-refractivity contribution >= 4 is 22.5 Å². The van der Waals surface area contributed by atoms with Crippen LogP contribution in [0.4, 0.5) is 5.69 Å². The van der Waals surface area contributed by atoms with E-state index in [0.717, 1.165) is 47.5 Å². The molecule has 6 nitrogen and oxygen atoms in total. The molecule has 1 atom stereocenters. The van der Waals surface area contributed by atoms with Gasteiger partial charge >= 0.3 is 0 Å². The number of pyridine rings is 1. The molecule has 0 saturated carbocycles. The maximum atomic E-state index is 13.1. The number of para-hydroxylation sites is 1. The second-order valence-corrected chi connectivity index (χ2v) is 8.61. The summed E-state index contributed by atoms with van der Waals surface area (Å²) in [6.45, 7) is 5.52. The number of hydrogen-bond acceptors (Lipinski definition) is 4. The lowest BCUT2D eigenvalue weighted by molar-refractivity contribution is -0.121. The van der Waals surface area contributed by atoms with E-state index >= 15 is 0 Å². The molecule has 0 fully saturated rings. The van der Waals surface area contributed by atoms with Crippen LogP contribution in [0.2, 0.25) is 0 Å². The molecule has 5 rings (SSSR count). The standard InChI is InChI=1S/C27H28N4O2/c1-17-14-19(10-12-28-17)21-9-8-20(15-26(21)33-3)29-27(32)18(2)31-13-11-23-22-6-4-5-7-24(22)30-25(23)16-31/h4-10,12,14-15,18,30H,11,13,16H2,1-3H3,(H,29,32). The van der Waals surface area contributed by atoms with Gasteiger partial charge in [0.1, 0.15) is 5.75 Å². The number of nitrogens with zero attached hydrogens (tertiary/aromatic N) is 2. The molecule has 2 aromatic heterocycles. The number of amides is 1. The second-order valence-electron chi connectivity index (χ2n) is 8.61. The molecule has 2 N–H and O–H groups in total. The Morgan fingerprint density at radius 1 is 1.18 bits per heavy atom. The fourth-order valence-electron chi connectivity index (χ4n) is 4.68. The Balaban J connectivity index is 1.31. The lowest BCUT2D eigenvalue weighted by atomic mass is 10.0. The molecule has 0 saturated heterocycles. The highest BCUT2D eigenvalue weighted by Crippen LogP contribution is 2.33. The highest BCUT2D eigenvalue weighted by molar-refractivity contribution is 5.95. The quantitative estimate of drug-likeness (QED) is 0.462. The summed E-state index contributed by atoms with van der Waals surface area (Å²) in [6.07, 6.45) is 2.73. The van der Waals surface area contributed by atoms with Gasteiger partial charge in [-0.05, 0) is 61.7 Å². The van der Waals surface area contributed by atoms with Crippen molar-refractivity contribution < 1.29 is 9.53 Å². The minimum atomic E-state index is -0.252. The van der Waals surface area contributed by atoms with E-state index < -0.39 is 0 Å². The van der Waals surface area contributed by atoms with E-state index in [-0.39, 0.29) is 11.9 Å². The van der Waals surface area contributed by atoms with Gasteiger partial charge in [0.25, 0.3) is 0 Å². The molecular formula is C27H28N4O2. The molecule has 4 aromatic rings. The summed E-state index contributed by atoms with van der Waals surface area (Å²) < 4.78 is 5.62. The number of anilines is 1. The molecule has 3 heterocycles. The molecule has 2 aromatic carbocycles. The van der Waals surface area contributed by atoms with Crippen LogP contribution in [0.5, 0.6) is 5.75 Å². The molecule has 0 radical (unpaired) electrons. The van der Waals surface area contributed by atoms with Gasteiger partial charge in [-0.25, -0.2) is 0 Å². The van der Waals surface area contributed by atoms with E-state index in [1.54, 1.807) is 13.3 Å². The van der Waals surface area contributed by atoms with Gasteiger partial charge in [-0.15, -0.1) is 0 Å². The zero-order chi connectivity index (χ0) is 22.9. The van der Waals surface area contributed by atoms with Gasteiger partial charge in [0, 0.05) is 58.9 Å². The average molecular weight is 441 g/mol. The van der Waals surface area contributed by atoms with Crippen LogP contribution in [0.3, 0.4) is 0 Å². The molecule has 1 amide bonds. The summed E-state index contributed by atoms with van der Waals surface area (Å²) in [5.41, 5.74) is 7.42. The predicted molar refractivity (Wildman–Crippen MR) is 131 cm³/mol. The molecule has 0 spiro atoms. The first-order valence-electron chi connectivity index (χ1n) is 11.3. The molecule has 0 aliphatic carbocycles. The first kappa shape index (κ1) is 21.2. The second kappa shape index (κ2) is 8.71. The molecule has 1 aliphatic rings. The van der Waals surface area contributed by atoms with Crippen LogP contribution in [-0.2, 0) is 17.8 Å². The summed E-state index contributed by atoms with van der Waals surface area (Å²) in [5, 5.41) is 4.36. The number of rotatable bonds is 5. The van der Waals surface area contributed by atoms with E-state index in [1.165, 1.54) is 16.6 Å². The van der Waals surface area contributed by atoms with Gasteiger partial charge in [0.05, 0.1) is 13.2 Å². The highest BCUT2D eigenvalue weighted by Gasteiger charge is 2.27. The first-order chi connectivity index (χ1) is 16.0. The largest absolute Gasteiger partial charge is 0.496 e. The maximum Gasteiger partial charge on any atom is 0.241 e. The highest BCUT2D eigenvalue weighted by atomic mass is 16.5. The van der Waals surface area contributed by atoms with E-state index in [2.05, 4.69) is 38.4 Å². The van der Waals surface area contributed by atoms with Gasteiger partial charge in [0.2, 0.25) is 5.91 Å². The number of hydrogen-bond donors (Lipinski definition) is 2. The van der Waals surface area contributed by atoms with Gasteiger partial charge in [0.15, 0.2) is 0 Å². The number of carbonyl (C=O) groups is 1. The number of nitrogens with one attached hydrogen (secondary N) is 2. The van der Waals surface area contributed by atoms with Crippen molar-refractivity contribution in [2.75, 3.05) is 19.0 Å². The van der Waals surface area contributed by atoms with Crippen LogP contribution < -0.4 is 10.1 Å². The number of methoxy groups -OCH3 is 1. The third-order valence-corrected chi connectivity index (χ3v) is 6.52. The van der Waals surface area contributed by atoms with E-state index in [0.29, 0.717) is 5.75 Å². The Morgan fingerprint density at radius 2 is 2.03 bits per heavy atom. The van der Waals surface area contributed by atoms with Crippen LogP contribution >= 0.6 is 0 Å². The van der Waals surface area contributed by atoms with Crippen LogP contribution in [-0.4, -0.2) is 40.5 Å². The van der Waals surface area contributed by atoms with Gasteiger partial charge < -0.3 is 15.0 Å². The number of aromatic nitrogens is 2. The Bertz CT molecular complexity index is 1330. The monoisotopic (exact) mass is 440 g/mol. The van der Waals surface area contributed by atoms with Gasteiger partial charge in [-0.3, -0.25) is 14.7 Å². The van der Waals surface area contributed by atoms with Crippen molar-refractivity contribution in [3.8, 4) is 16.9 Å². The van der Waals surface area contributed by atoms with Gasteiger partial charge in [-0.2, -0.15) is 0 Å². The van der Waals surface area contributed by atoms with Gasteiger partial charge in [-0.1, -0.05) is 18.2 Å². The van der Waals surface area contributed by atoms with Crippen molar-refractivity contribution in [2.24, 2.45) is 0 Å². The number of H-pyrrole nitrogens is 1. The topological polar surface area (TPSA) is 70.2 Å². The molecule has 33 heavy (non-hydrogen) atoms. The molecular weight excluding hydrogens is 412 g/mol. The number of carbonyl (C=O) groups excluding carboxylic acids is 1. The smallest absolute Gasteiger partial charge is 0.241 e. The van der Waals surface area contributed by atoms with Crippen molar-refractivity contribution in [1.29, 1.82) is 0 Å². The van der Waals surface area contributed by atoms with Crippen molar-refractivity contribution in [2.45, 2.75) is 32.9 Å². The summed E-state index contributed by atoms with van der Waals surface area (Å²) in [6, 6.07) is 17.9. The molecule has 1 unspecified atom stereocenters. The van der Waals surface area contributed by atoms with Crippen molar-refractivity contribution in [1.82, 2.24) is 14.9 Å². The van der Waals surface area contributed by atoms with Crippen LogP contribution in [0, 0.1) is 6.92 Å². The number of aromatic amines is 1. The number of benzene rings is 2. The van der Waals surface area contributed by atoms with E-state index in [9.17, 15) is 4.79 Å². The SMILES string of the molecule is COc1cc(NC(=O)C(C)N2CCc3c([nH]c4ccccc34)C2)ccc1-c1ccnc(C)c1. The number of ether oxygens (including phenoxy) is 1. The molecule has 1 aliphatic heterocycles. The Kier molecular flexibility index (Phi) is 5.60. The Morgan fingerprint density at radius 3 is 2.85 bits per heavy atom. The molecule has 6 heteroatoms. The van der Waals surface area contributed by atoms with Crippen molar-refractivity contribution in [3.05, 3.63) is 77.7 Å². The first-order valence-corrected chi connectivity index (χ1v) is 11.3. The minimum absolute atomic E-state index is 0.0240. The van der Waals surface area contributed by atoms with Crippen LogP contribution in [0.15, 0.2) is 60.8 Å². The summed E-state index contributed by atoms with van der Waals surface area (Å²) in [5.74, 6) is 0.691. The predicted octanol–water partition coefficient (Wildman–Crippen LogP) is 4.93. The van der Waals surface area contributed by atoms with Crippen LogP contribution in [0.25, 0.3) is 22.0 Å². The summed E-state index contributed by atoms with van der Waals surface area (Å²) in [4.78, 5) is 23.1. The third kappa shape index (κ3) is 4.10. The van der Waals surface area contributed by atoms with E-state index in [4.69, 9.17) is 4.74 Å². The fraction of sp³-hybridized carbons (Fsp3) is 0.259. The van der Waals surface area contributed by atoms with Crippen LogP contribution in [0.1, 0.15) is 23.9 Å². The van der Waals surface area contributed by atoms with Crippen molar-refractivity contribution in [3.63, 3.8) is 0 Å². The summed E-state index contributed by atoms with van der Waals surface area (Å²) in [7, 11) is 1.65. The average Bonchev–Trinajstić information content (AvgIpc) is 3.21. The number of fused-ring (bicyclic) bond motifs is 3. The zero-order valence-corrected chi connectivity index (χ0v) is 19.2. The number of aryl methyl sites for hydroxylation is 1. The Labute approximate surface area is 193 Å². The molecule has 168 valence electrons. The fourth-order valence-corrected chi connectivity index (χ4v) is 4.68. The zero-order valence-electron chi connectivity index (χ0n) is 19.2. The lowest BCUT2D eigenvalue weighted by Gasteiger charge is -2.31.